The Morgan fingerprint density at radius 2 is 1.29 bits per heavy atom. The third-order valence-electron chi connectivity index (χ3n) is 8.08. The van der Waals surface area contributed by atoms with Gasteiger partial charge in [-0.1, -0.05) is 91.7 Å². The van der Waals surface area contributed by atoms with E-state index in [0.29, 0.717) is 28.8 Å². The molecule has 2 aromatic heterocycles. The van der Waals surface area contributed by atoms with E-state index in [1.807, 2.05) is 36.4 Å². The maximum absolute atomic E-state index is 5.08. The molecule has 0 radical (unpaired) electrons. The largest absolute Gasteiger partial charge is 0.278 e. The standard InChI is InChI=1S/C33H26N4S/c1-3-11-21(12-4-1)31-34-32(22-13-5-2-6-14-22)36-33(35-31)37-25-17-9-7-15-23(25)29-26(37)19-20-28-30(29)24-16-8-10-18-27(24)38-28/h1-7,9,11-15,17,19-20,24,27H,8,10,16,18H2/t24-,27?/m1/s1. The second kappa shape index (κ2) is 8.81. The van der Waals surface area contributed by atoms with E-state index in [4.69, 9.17) is 15.0 Å². The van der Waals surface area contributed by atoms with E-state index in [-0.39, 0.29) is 0 Å². The smallest absolute Gasteiger partial charge is 0.238 e. The molecule has 1 aliphatic heterocycles. The quantitative estimate of drug-likeness (QED) is 0.240. The van der Waals surface area contributed by atoms with Crippen molar-refractivity contribution in [3.8, 4) is 28.7 Å². The summed E-state index contributed by atoms with van der Waals surface area (Å²) in [4.78, 5) is 16.5. The fourth-order valence-electron chi connectivity index (χ4n) is 6.38. The van der Waals surface area contributed by atoms with Crippen LogP contribution < -0.4 is 0 Å². The van der Waals surface area contributed by atoms with Crippen LogP contribution in [0.3, 0.4) is 0 Å². The number of nitrogens with zero attached hydrogens (tertiary/aromatic N) is 4. The van der Waals surface area contributed by atoms with Crippen molar-refractivity contribution >= 4 is 33.6 Å². The second-order valence-electron chi connectivity index (χ2n) is 10.3. The predicted octanol–water partition coefficient (Wildman–Crippen LogP) is 8.43. The lowest BCUT2D eigenvalue weighted by Gasteiger charge is -2.25. The Labute approximate surface area is 225 Å². The molecule has 2 atom stereocenters. The summed E-state index contributed by atoms with van der Waals surface area (Å²) in [7, 11) is 0. The van der Waals surface area contributed by atoms with Gasteiger partial charge in [0.2, 0.25) is 5.95 Å². The number of para-hydroxylation sites is 1. The first-order chi connectivity index (χ1) is 18.8. The van der Waals surface area contributed by atoms with E-state index in [1.54, 1.807) is 5.56 Å². The highest BCUT2D eigenvalue weighted by Crippen LogP contribution is 2.55. The zero-order valence-electron chi connectivity index (χ0n) is 20.9. The first-order valence-corrected chi connectivity index (χ1v) is 14.3. The molecule has 3 heterocycles. The molecule has 4 nitrogen and oxygen atoms in total. The first kappa shape index (κ1) is 22.1. The van der Waals surface area contributed by atoms with Crippen LogP contribution >= 0.6 is 11.8 Å². The van der Waals surface area contributed by atoms with Gasteiger partial charge >= 0.3 is 0 Å². The summed E-state index contributed by atoms with van der Waals surface area (Å²) < 4.78 is 2.26. The molecule has 0 saturated heterocycles. The summed E-state index contributed by atoms with van der Waals surface area (Å²) in [5, 5.41) is 3.37. The highest BCUT2D eigenvalue weighted by molar-refractivity contribution is 8.00. The van der Waals surface area contributed by atoms with Crippen LogP contribution in [0.1, 0.15) is 37.2 Å². The van der Waals surface area contributed by atoms with Gasteiger partial charge in [0.05, 0.1) is 11.0 Å². The minimum absolute atomic E-state index is 0.629. The van der Waals surface area contributed by atoms with E-state index in [9.17, 15) is 0 Å². The molecule has 4 aromatic carbocycles. The molecule has 1 saturated carbocycles. The minimum atomic E-state index is 0.629. The van der Waals surface area contributed by atoms with Gasteiger partial charge in [0.25, 0.3) is 0 Å². The Morgan fingerprint density at radius 1 is 0.632 bits per heavy atom. The Kier molecular flexibility index (Phi) is 5.12. The molecule has 0 N–H and O–H groups in total. The van der Waals surface area contributed by atoms with Gasteiger partial charge in [-0.2, -0.15) is 9.97 Å². The Hall–Kier alpha value is -3.96. The van der Waals surface area contributed by atoms with Crippen LogP contribution in [0.25, 0.3) is 50.5 Å². The van der Waals surface area contributed by atoms with Crippen LogP contribution in [0.5, 0.6) is 0 Å². The van der Waals surface area contributed by atoms with Gasteiger partial charge in [0.1, 0.15) is 0 Å². The normalized spacial score (nSPS) is 18.5. The fraction of sp³-hybridized carbons (Fsp3) is 0.182. The molecule has 2 aliphatic rings. The van der Waals surface area contributed by atoms with Gasteiger partial charge in [0.15, 0.2) is 11.6 Å². The molecular weight excluding hydrogens is 484 g/mol. The number of aromatic nitrogens is 4. The molecule has 184 valence electrons. The third-order valence-corrected chi connectivity index (χ3v) is 9.55. The Bertz CT molecular complexity index is 1750. The maximum atomic E-state index is 5.08. The average Bonchev–Trinajstić information content (AvgIpc) is 3.53. The molecule has 0 bridgehead atoms. The van der Waals surface area contributed by atoms with Crippen molar-refractivity contribution in [3.63, 3.8) is 0 Å². The average molecular weight is 511 g/mol. The number of hydrogen-bond acceptors (Lipinski definition) is 4. The van der Waals surface area contributed by atoms with E-state index in [2.05, 4.69) is 77.0 Å². The lowest BCUT2D eigenvalue weighted by Crippen LogP contribution is -2.15. The number of hydrogen-bond donors (Lipinski definition) is 0. The van der Waals surface area contributed by atoms with Crippen molar-refractivity contribution in [2.75, 3.05) is 0 Å². The molecule has 6 aromatic rings. The van der Waals surface area contributed by atoms with Crippen molar-refractivity contribution < 1.29 is 0 Å². The molecule has 1 unspecified atom stereocenters. The molecule has 1 aliphatic carbocycles. The second-order valence-corrected chi connectivity index (χ2v) is 11.6. The summed E-state index contributed by atoms with van der Waals surface area (Å²) in [6.07, 6.45) is 5.27. The number of thioether (sulfide) groups is 1. The first-order valence-electron chi connectivity index (χ1n) is 13.5. The van der Waals surface area contributed by atoms with E-state index in [0.717, 1.165) is 16.6 Å². The topological polar surface area (TPSA) is 43.6 Å². The lowest BCUT2D eigenvalue weighted by molar-refractivity contribution is 0.463. The fourth-order valence-corrected chi connectivity index (χ4v) is 7.96. The van der Waals surface area contributed by atoms with Gasteiger partial charge in [-0.05, 0) is 42.5 Å². The summed E-state index contributed by atoms with van der Waals surface area (Å²) in [5.74, 6) is 2.66. The van der Waals surface area contributed by atoms with Crippen molar-refractivity contribution in [3.05, 3.63) is 103 Å². The van der Waals surface area contributed by atoms with Crippen LogP contribution in [-0.2, 0) is 0 Å². The number of fused-ring (bicyclic) bond motifs is 7. The minimum Gasteiger partial charge on any atom is -0.278 e. The summed E-state index contributed by atoms with van der Waals surface area (Å²) in [5.41, 5.74) is 5.84. The van der Waals surface area contributed by atoms with Gasteiger partial charge in [-0.15, -0.1) is 11.8 Å². The lowest BCUT2D eigenvalue weighted by atomic mass is 9.82. The SMILES string of the molecule is c1ccc(-c2nc(-c3ccccc3)nc(-n3c4ccccc4c4c5c(ccc43)SC3CCCC[C@@H]53)n2)cc1. The molecule has 1 fully saturated rings. The summed E-state index contributed by atoms with van der Waals surface area (Å²) >= 11 is 2.10. The Morgan fingerprint density at radius 3 is 2.03 bits per heavy atom. The van der Waals surface area contributed by atoms with Crippen molar-refractivity contribution in [2.45, 2.75) is 41.7 Å². The van der Waals surface area contributed by atoms with Gasteiger partial charge in [-0.25, -0.2) is 4.98 Å². The summed E-state index contributed by atoms with van der Waals surface area (Å²) in [6, 6.07) is 33.8. The van der Waals surface area contributed by atoms with E-state index >= 15 is 0 Å². The van der Waals surface area contributed by atoms with Crippen LogP contribution in [0.4, 0.5) is 0 Å². The van der Waals surface area contributed by atoms with Crippen LogP contribution in [0.15, 0.2) is 102 Å². The van der Waals surface area contributed by atoms with E-state index in [1.165, 1.54) is 46.9 Å². The molecule has 5 heteroatoms. The molecule has 8 rings (SSSR count). The third kappa shape index (κ3) is 3.42. The van der Waals surface area contributed by atoms with Crippen molar-refractivity contribution in [2.24, 2.45) is 0 Å². The van der Waals surface area contributed by atoms with Gasteiger partial charge in [0, 0.05) is 32.0 Å². The molecule has 38 heavy (non-hydrogen) atoms. The maximum Gasteiger partial charge on any atom is 0.238 e. The monoisotopic (exact) mass is 510 g/mol. The van der Waals surface area contributed by atoms with Crippen LogP contribution in [-0.4, -0.2) is 24.8 Å². The zero-order chi connectivity index (χ0) is 25.1. The highest BCUT2D eigenvalue weighted by Gasteiger charge is 2.37. The van der Waals surface area contributed by atoms with Crippen LogP contribution in [0.2, 0.25) is 0 Å². The zero-order valence-corrected chi connectivity index (χ0v) is 21.7. The molecule has 0 amide bonds. The molecular formula is C33H26N4S. The van der Waals surface area contributed by atoms with Crippen molar-refractivity contribution in [1.29, 1.82) is 0 Å². The molecule has 0 spiro atoms. The van der Waals surface area contributed by atoms with E-state index < -0.39 is 0 Å². The van der Waals surface area contributed by atoms with Gasteiger partial charge < -0.3 is 0 Å². The van der Waals surface area contributed by atoms with Gasteiger partial charge in [-0.3, -0.25) is 4.57 Å². The number of benzene rings is 4. The highest BCUT2D eigenvalue weighted by atomic mass is 32.2. The summed E-state index contributed by atoms with van der Waals surface area (Å²) in [6.45, 7) is 0. The Balaban J connectivity index is 1.43. The van der Waals surface area contributed by atoms with Crippen molar-refractivity contribution in [1.82, 2.24) is 19.5 Å². The number of rotatable bonds is 3. The predicted molar refractivity (Wildman–Crippen MR) is 156 cm³/mol. The van der Waals surface area contributed by atoms with Crippen LogP contribution in [0, 0.1) is 0 Å².